The maximum Gasteiger partial charge on any atom is 0.299 e. The molecule has 1 heterocycles. The van der Waals surface area contributed by atoms with E-state index in [0.29, 0.717) is 5.16 Å². The Labute approximate surface area is 122 Å². The van der Waals surface area contributed by atoms with Crippen molar-refractivity contribution in [1.82, 2.24) is 14.9 Å². The number of thioether (sulfide) groups is 1. The van der Waals surface area contributed by atoms with Gasteiger partial charge in [-0.3, -0.25) is 4.79 Å². The third kappa shape index (κ3) is 2.66. The van der Waals surface area contributed by atoms with E-state index in [4.69, 9.17) is 5.84 Å². The summed E-state index contributed by atoms with van der Waals surface area (Å²) in [6.07, 6.45) is 0. The summed E-state index contributed by atoms with van der Waals surface area (Å²) in [4.78, 5) is 12.1. The van der Waals surface area contributed by atoms with Crippen LogP contribution in [0.25, 0.3) is 11.3 Å². The lowest BCUT2D eigenvalue weighted by atomic mass is 10.2. The van der Waals surface area contributed by atoms with Crippen molar-refractivity contribution in [1.29, 1.82) is 0 Å². The van der Waals surface area contributed by atoms with Gasteiger partial charge in [-0.1, -0.05) is 30.8 Å². The lowest BCUT2D eigenvalue weighted by Crippen LogP contribution is -2.32. The molecule has 0 atom stereocenters. The van der Waals surface area contributed by atoms with Crippen LogP contribution in [0.1, 0.15) is 6.92 Å². The van der Waals surface area contributed by atoms with Gasteiger partial charge in [-0.05, 0) is 40.5 Å². The first kappa shape index (κ1) is 13.3. The first-order valence-electron chi connectivity index (χ1n) is 5.27. The summed E-state index contributed by atoms with van der Waals surface area (Å²) in [6, 6.07) is 7.48. The summed E-state index contributed by atoms with van der Waals surface area (Å²) < 4.78 is 2.14. The molecule has 18 heavy (non-hydrogen) atoms. The Morgan fingerprint density at radius 1 is 1.33 bits per heavy atom. The smallest absolute Gasteiger partial charge is 0.299 e. The maximum absolute atomic E-state index is 12.1. The summed E-state index contributed by atoms with van der Waals surface area (Å²) in [7, 11) is 0. The number of halogens is 1. The van der Waals surface area contributed by atoms with Crippen LogP contribution in [0.15, 0.2) is 34.2 Å². The largest absolute Gasteiger partial charge is 0.334 e. The van der Waals surface area contributed by atoms with Crippen LogP contribution < -0.4 is 11.4 Å². The van der Waals surface area contributed by atoms with E-state index in [9.17, 15) is 4.79 Å². The van der Waals surface area contributed by atoms with E-state index in [-0.39, 0.29) is 11.3 Å². The molecule has 0 saturated carbocycles. The Balaban J connectivity index is 2.50. The monoisotopic (exact) mass is 374 g/mol. The summed E-state index contributed by atoms with van der Waals surface area (Å²) in [5.41, 5.74) is 0.664. The van der Waals surface area contributed by atoms with Gasteiger partial charge in [0.05, 0.1) is 0 Å². The van der Waals surface area contributed by atoms with Crippen LogP contribution in [-0.2, 0) is 0 Å². The highest BCUT2D eigenvalue weighted by molar-refractivity contribution is 14.1. The van der Waals surface area contributed by atoms with Gasteiger partial charge in [0.15, 0.2) is 5.69 Å². The molecular weight excluding hydrogens is 363 g/mol. The average Bonchev–Trinajstić information content (AvgIpc) is 2.37. The first-order valence-corrected chi connectivity index (χ1v) is 7.33. The molecule has 0 unspecified atom stereocenters. The molecule has 0 fully saturated rings. The molecule has 0 bridgehead atoms. The van der Waals surface area contributed by atoms with Gasteiger partial charge in [0.25, 0.3) is 5.56 Å². The van der Waals surface area contributed by atoms with Crippen molar-refractivity contribution in [2.75, 3.05) is 11.6 Å². The lowest BCUT2D eigenvalue weighted by Gasteiger charge is -2.06. The molecule has 94 valence electrons. The van der Waals surface area contributed by atoms with E-state index in [0.717, 1.165) is 19.6 Å². The molecular formula is C11H11IN4OS. The van der Waals surface area contributed by atoms with Crippen LogP contribution in [0.5, 0.6) is 0 Å². The Bertz CT molecular complexity index is 611. The predicted octanol–water partition coefficient (Wildman–Crippen LogP) is 1.74. The zero-order valence-corrected chi connectivity index (χ0v) is 12.6. The second-order valence-electron chi connectivity index (χ2n) is 3.45. The average molecular weight is 374 g/mol. The number of nitrogens with two attached hydrogens (primary N) is 1. The van der Waals surface area contributed by atoms with Crippen molar-refractivity contribution < 1.29 is 0 Å². The van der Waals surface area contributed by atoms with Gasteiger partial charge in [-0.25, -0.2) is 0 Å². The summed E-state index contributed by atoms with van der Waals surface area (Å²) in [6.45, 7) is 1.96. The molecule has 1 aromatic heterocycles. The topological polar surface area (TPSA) is 73.8 Å². The summed E-state index contributed by atoms with van der Waals surface area (Å²) in [5, 5.41) is 8.38. The maximum atomic E-state index is 12.1. The Morgan fingerprint density at radius 3 is 2.61 bits per heavy atom. The first-order chi connectivity index (χ1) is 8.63. The highest BCUT2D eigenvalue weighted by Gasteiger charge is 2.11. The molecule has 2 N–H and O–H groups in total. The van der Waals surface area contributed by atoms with Gasteiger partial charge in [0.2, 0.25) is 5.16 Å². The highest BCUT2D eigenvalue weighted by atomic mass is 127. The number of hydrogen-bond donors (Lipinski definition) is 1. The molecule has 0 aliphatic carbocycles. The lowest BCUT2D eigenvalue weighted by molar-refractivity contribution is 0.704. The standard InChI is InChI=1S/C11H11IN4OS/c1-2-18-11-15-14-9(10(17)16(11)13)7-3-5-8(12)6-4-7/h3-6H,2,13H2,1H3. The molecule has 7 heteroatoms. The van der Waals surface area contributed by atoms with Crippen molar-refractivity contribution in [3.05, 3.63) is 38.2 Å². The predicted molar refractivity (Wildman–Crippen MR) is 81.0 cm³/mol. The molecule has 0 aliphatic rings. The molecule has 2 aromatic rings. The van der Waals surface area contributed by atoms with E-state index in [1.165, 1.54) is 11.8 Å². The van der Waals surface area contributed by atoms with Gasteiger partial charge in [-0.2, -0.15) is 4.68 Å². The van der Waals surface area contributed by atoms with Crippen LogP contribution in [0, 0.1) is 3.57 Å². The number of aromatic nitrogens is 3. The Hall–Kier alpha value is -1.09. The molecule has 0 aliphatic heterocycles. The van der Waals surface area contributed by atoms with E-state index < -0.39 is 0 Å². The van der Waals surface area contributed by atoms with Gasteiger partial charge in [-0.15, -0.1) is 10.2 Å². The number of nitrogen functional groups attached to an aromatic ring is 1. The molecule has 2 rings (SSSR count). The third-order valence-corrected chi connectivity index (χ3v) is 3.80. The molecule has 0 saturated heterocycles. The second-order valence-corrected chi connectivity index (χ2v) is 5.92. The second kappa shape index (κ2) is 5.70. The summed E-state index contributed by atoms with van der Waals surface area (Å²) in [5.74, 6) is 6.50. The van der Waals surface area contributed by atoms with Gasteiger partial charge in [0.1, 0.15) is 0 Å². The highest BCUT2D eigenvalue weighted by Crippen LogP contribution is 2.16. The normalized spacial score (nSPS) is 10.6. The number of hydrogen-bond acceptors (Lipinski definition) is 5. The molecule has 0 spiro atoms. The summed E-state index contributed by atoms with van der Waals surface area (Å²) >= 11 is 3.59. The molecule has 5 nitrogen and oxygen atoms in total. The number of rotatable bonds is 3. The van der Waals surface area contributed by atoms with Crippen LogP contribution >= 0.6 is 34.4 Å². The Kier molecular flexibility index (Phi) is 4.23. The van der Waals surface area contributed by atoms with E-state index in [1.807, 2.05) is 31.2 Å². The van der Waals surface area contributed by atoms with Crippen LogP contribution in [0.3, 0.4) is 0 Å². The molecule has 1 aromatic carbocycles. The fourth-order valence-corrected chi connectivity index (χ4v) is 2.34. The van der Waals surface area contributed by atoms with E-state index >= 15 is 0 Å². The van der Waals surface area contributed by atoms with Gasteiger partial charge < -0.3 is 5.84 Å². The quantitative estimate of drug-likeness (QED) is 0.503. The van der Waals surface area contributed by atoms with E-state index in [2.05, 4.69) is 32.8 Å². The zero-order valence-electron chi connectivity index (χ0n) is 9.63. The van der Waals surface area contributed by atoms with Gasteiger partial charge >= 0.3 is 0 Å². The minimum atomic E-state index is -0.331. The van der Waals surface area contributed by atoms with Crippen molar-refractivity contribution >= 4 is 34.4 Å². The minimum absolute atomic E-state index is 0.273. The van der Waals surface area contributed by atoms with Crippen molar-refractivity contribution in [2.24, 2.45) is 0 Å². The minimum Gasteiger partial charge on any atom is -0.334 e. The number of benzene rings is 1. The third-order valence-electron chi connectivity index (χ3n) is 2.25. The fraction of sp³-hybridized carbons (Fsp3) is 0.182. The van der Waals surface area contributed by atoms with Crippen LogP contribution in [0.4, 0.5) is 0 Å². The van der Waals surface area contributed by atoms with Crippen molar-refractivity contribution in [3.8, 4) is 11.3 Å². The SMILES string of the molecule is CCSc1nnc(-c2ccc(I)cc2)c(=O)n1N. The van der Waals surface area contributed by atoms with Crippen molar-refractivity contribution in [3.63, 3.8) is 0 Å². The van der Waals surface area contributed by atoms with E-state index in [1.54, 1.807) is 0 Å². The van der Waals surface area contributed by atoms with Gasteiger partial charge in [0, 0.05) is 9.13 Å². The van der Waals surface area contributed by atoms with Crippen LogP contribution in [0.2, 0.25) is 0 Å². The molecule has 0 amide bonds. The zero-order chi connectivity index (χ0) is 13.1. The fourth-order valence-electron chi connectivity index (χ4n) is 1.40. The number of nitrogens with zero attached hydrogens (tertiary/aromatic N) is 3. The van der Waals surface area contributed by atoms with Crippen LogP contribution in [-0.4, -0.2) is 20.6 Å². The van der Waals surface area contributed by atoms with Crippen molar-refractivity contribution in [2.45, 2.75) is 12.1 Å². The molecule has 0 radical (unpaired) electrons. The Morgan fingerprint density at radius 2 is 2.00 bits per heavy atom.